The Morgan fingerprint density at radius 2 is 1.79 bits per heavy atom. The topological polar surface area (TPSA) is 106 Å². The largest absolute Gasteiger partial charge is 0.361 e. The lowest BCUT2D eigenvalue weighted by molar-refractivity contribution is -0.119. The molecule has 2 rings (SSSR count). The van der Waals surface area contributed by atoms with Crippen LogP contribution in [0.3, 0.4) is 0 Å². The zero-order valence-corrected chi connectivity index (χ0v) is 14.4. The highest BCUT2D eigenvalue weighted by Crippen LogP contribution is 2.15. The maximum absolute atomic E-state index is 12.2. The zero-order valence-electron chi connectivity index (χ0n) is 13.6. The standard InChI is InChI=1S/C16H18N2O5S/c1-10-15(12(3)23-17-10)8-9-16(20)18-24(21,22)14-6-4-13(5-7-14)11(2)19/h4-7H,8-9H2,1-3H3,(H,18,20). The highest BCUT2D eigenvalue weighted by Gasteiger charge is 2.19. The van der Waals surface area contributed by atoms with Gasteiger partial charge in [-0.15, -0.1) is 0 Å². The number of aromatic nitrogens is 1. The van der Waals surface area contributed by atoms with Crippen LogP contribution >= 0.6 is 0 Å². The first-order chi connectivity index (χ1) is 11.2. The number of nitrogens with one attached hydrogen (secondary N) is 1. The zero-order chi connectivity index (χ0) is 17.9. The first-order valence-corrected chi connectivity index (χ1v) is 8.77. The molecule has 0 atom stereocenters. The van der Waals surface area contributed by atoms with Crippen molar-refractivity contribution in [2.75, 3.05) is 0 Å². The van der Waals surface area contributed by atoms with E-state index in [2.05, 4.69) is 5.16 Å². The van der Waals surface area contributed by atoms with E-state index < -0.39 is 15.9 Å². The number of carbonyl (C=O) groups excluding carboxylic acids is 2. The molecule has 1 heterocycles. The molecule has 1 aromatic carbocycles. The molecule has 1 aromatic heterocycles. The fourth-order valence-electron chi connectivity index (χ4n) is 2.23. The minimum Gasteiger partial charge on any atom is -0.361 e. The molecule has 1 N–H and O–H groups in total. The molecule has 0 aliphatic rings. The lowest BCUT2D eigenvalue weighted by atomic mass is 10.1. The van der Waals surface area contributed by atoms with Crippen molar-refractivity contribution in [3.05, 3.63) is 46.8 Å². The van der Waals surface area contributed by atoms with E-state index in [0.29, 0.717) is 23.4 Å². The smallest absolute Gasteiger partial charge is 0.264 e. The fraction of sp³-hybridized carbons (Fsp3) is 0.312. The third-order valence-electron chi connectivity index (χ3n) is 3.60. The maximum atomic E-state index is 12.2. The van der Waals surface area contributed by atoms with E-state index in [4.69, 9.17) is 4.52 Å². The summed E-state index contributed by atoms with van der Waals surface area (Å²) in [5.74, 6) is -0.170. The predicted molar refractivity (Wildman–Crippen MR) is 86.1 cm³/mol. The predicted octanol–water partition coefficient (Wildman–Crippen LogP) is 1.93. The molecule has 0 radical (unpaired) electrons. The maximum Gasteiger partial charge on any atom is 0.264 e. The molecule has 0 saturated heterocycles. The summed E-state index contributed by atoms with van der Waals surface area (Å²) in [5, 5.41) is 3.79. The minimum atomic E-state index is -3.96. The number of amides is 1. The lowest BCUT2D eigenvalue weighted by Crippen LogP contribution is -2.30. The molecule has 1 amide bonds. The van der Waals surface area contributed by atoms with Gasteiger partial charge in [0.2, 0.25) is 5.91 Å². The summed E-state index contributed by atoms with van der Waals surface area (Å²) < 4.78 is 31.4. The Bertz CT molecular complexity index is 847. The van der Waals surface area contributed by atoms with Crippen LogP contribution in [0.5, 0.6) is 0 Å². The summed E-state index contributed by atoms with van der Waals surface area (Å²) in [5.41, 5.74) is 1.88. The number of hydrogen-bond donors (Lipinski definition) is 1. The molecule has 0 saturated carbocycles. The molecule has 128 valence electrons. The van der Waals surface area contributed by atoms with E-state index >= 15 is 0 Å². The van der Waals surface area contributed by atoms with Gasteiger partial charge in [-0.3, -0.25) is 9.59 Å². The molecule has 0 aliphatic heterocycles. The first-order valence-electron chi connectivity index (χ1n) is 7.29. The van der Waals surface area contributed by atoms with Gasteiger partial charge in [0.15, 0.2) is 5.78 Å². The van der Waals surface area contributed by atoms with Crippen molar-refractivity contribution in [2.24, 2.45) is 0 Å². The van der Waals surface area contributed by atoms with E-state index in [9.17, 15) is 18.0 Å². The van der Waals surface area contributed by atoms with Gasteiger partial charge in [0.25, 0.3) is 10.0 Å². The molecule has 24 heavy (non-hydrogen) atoms. The van der Waals surface area contributed by atoms with Crippen LogP contribution in [-0.2, 0) is 21.2 Å². The Kier molecular flexibility index (Phi) is 5.18. The summed E-state index contributed by atoms with van der Waals surface area (Å²) >= 11 is 0. The van der Waals surface area contributed by atoms with Crippen LogP contribution in [0.1, 0.15) is 40.7 Å². The normalized spacial score (nSPS) is 11.3. The number of nitrogens with zero attached hydrogens (tertiary/aromatic N) is 1. The van der Waals surface area contributed by atoms with Crippen LogP contribution in [0.25, 0.3) is 0 Å². The number of sulfonamides is 1. The van der Waals surface area contributed by atoms with Gasteiger partial charge in [0.1, 0.15) is 5.76 Å². The van der Waals surface area contributed by atoms with Gasteiger partial charge in [-0.2, -0.15) is 0 Å². The molecule has 8 heteroatoms. The Labute approximate surface area is 140 Å². The lowest BCUT2D eigenvalue weighted by Gasteiger charge is -2.07. The quantitative estimate of drug-likeness (QED) is 0.798. The number of Topliss-reactive ketones (excluding diaryl/α,β-unsaturated/α-hetero) is 1. The summed E-state index contributed by atoms with van der Waals surface area (Å²) in [4.78, 5) is 23.1. The fourth-order valence-corrected chi connectivity index (χ4v) is 3.24. The Morgan fingerprint density at radius 3 is 2.29 bits per heavy atom. The monoisotopic (exact) mass is 350 g/mol. The molecular weight excluding hydrogens is 332 g/mol. The number of carbonyl (C=O) groups is 2. The third-order valence-corrected chi connectivity index (χ3v) is 4.99. The van der Waals surface area contributed by atoms with E-state index in [0.717, 1.165) is 5.56 Å². The van der Waals surface area contributed by atoms with Crippen LogP contribution in [0.15, 0.2) is 33.7 Å². The van der Waals surface area contributed by atoms with Crippen LogP contribution in [-0.4, -0.2) is 25.3 Å². The van der Waals surface area contributed by atoms with Crippen LogP contribution in [0.4, 0.5) is 0 Å². The number of benzene rings is 1. The van der Waals surface area contributed by atoms with Crippen LogP contribution in [0.2, 0.25) is 0 Å². The second-order valence-corrected chi connectivity index (χ2v) is 7.09. The second-order valence-electron chi connectivity index (χ2n) is 5.41. The van der Waals surface area contributed by atoms with Crippen molar-refractivity contribution in [1.82, 2.24) is 9.88 Å². The van der Waals surface area contributed by atoms with E-state index in [-0.39, 0.29) is 17.1 Å². The molecule has 0 fully saturated rings. The molecule has 0 aliphatic carbocycles. The number of aryl methyl sites for hydroxylation is 2. The van der Waals surface area contributed by atoms with E-state index in [1.165, 1.54) is 31.2 Å². The summed E-state index contributed by atoms with van der Waals surface area (Å²) in [6.45, 7) is 4.89. The van der Waals surface area contributed by atoms with Crippen molar-refractivity contribution in [2.45, 2.75) is 38.5 Å². The molecule has 0 unspecified atom stereocenters. The van der Waals surface area contributed by atoms with Crippen LogP contribution in [0, 0.1) is 13.8 Å². The number of rotatable bonds is 6. The van der Waals surface area contributed by atoms with Crippen molar-refractivity contribution in [1.29, 1.82) is 0 Å². The van der Waals surface area contributed by atoms with Crippen molar-refractivity contribution < 1.29 is 22.5 Å². The van der Waals surface area contributed by atoms with Gasteiger partial charge in [-0.25, -0.2) is 13.1 Å². The molecule has 0 spiro atoms. The summed E-state index contributed by atoms with van der Waals surface area (Å²) in [6, 6.07) is 5.40. The third kappa shape index (κ3) is 4.08. The van der Waals surface area contributed by atoms with Gasteiger partial charge in [0.05, 0.1) is 10.6 Å². The Balaban J connectivity index is 2.03. The first kappa shape index (κ1) is 17.9. The van der Waals surface area contributed by atoms with Crippen molar-refractivity contribution in [3.8, 4) is 0 Å². The second kappa shape index (κ2) is 6.96. The minimum absolute atomic E-state index is 0.00630. The van der Waals surface area contributed by atoms with Gasteiger partial charge >= 0.3 is 0 Å². The van der Waals surface area contributed by atoms with E-state index in [1.54, 1.807) is 13.8 Å². The summed E-state index contributed by atoms with van der Waals surface area (Å²) in [6.07, 6.45) is 0.333. The highest BCUT2D eigenvalue weighted by atomic mass is 32.2. The van der Waals surface area contributed by atoms with Gasteiger partial charge < -0.3 is 4.52 Å². The van der Waals surface area contributed by atoms with Crippen molar-refractivity contribution >= 4 is 21.7 Å². The molecule has 7 nitrogen and oxygen atoms in total. The van der Waals surface area contributed by atoms with Gasteiger partial charge in [-0.05, 0) is 39.3 Å². The Morgan fingerprint density at radius 1 is 1.17 bits per heavy atom. The number of ketones is 1. The molecular formula is C16H18N2O5S. The Hall–Kier alpha value is -2.48. The highest BCUT2D eigenvalue weighted by molar-refractivity contribution is 7.90. The average Bonchev–Trinajstić information content (AvgIpc) is 2.83. The molecule has 2 aromatic rings. The van der Waals surface area contributed by atoms with Crippen LogP contribution < -0.4 is 4.72 Å². The van der Waals surface area contributed by atoms with Crippen molar-refractivity contribution in [3.63, 3.8) is 0 Å². The average molecular weight is 350 g/mol. The SMILES string of the molecule is CC(=O)c1ccc(S(=O)(=O)NC(=O)CCc2c(C)noc2C)cc1. The van der Waals surface area contributed by atoms with Gasteiger partial charge in [0, 0.05) is 17.5 Å². The summed E-state index contributed by atoms with van der Waals surface area (Å²) in [7, 11) is -3.96. The van der Waals surface area contributed by atoms with E-state index in [1.807, 2.05) is 4.72 Å². The molecule has 0 bridgehead atoms. The number of hydrogen-bond acceptors (Lipinski definition) is 6. The van der Waals surface area contributed by atoms with Gasteiger partial charge in [-0.1, -0.05) is 17.3 Å².